The molecule has 0 radical (unpaired) electrons. The second kappa shape index (κ2) is 3.12. The second-order valence-corrected chi connectivity index (χ2v) is 8.05. The predicted molar refractivity (Wildman–Crippen MR) is 61.0 cm³/mol. The largest absolute Gasteiger partial charge is 0.300 e. The molecule has 0 spiro atoms. The highest BCUT2D eigenvalue weighted by molar-refractivity contribution is 14.1. The van der Waals surface area contributed by atoms with Gasteiger partial charge in [0.25, 0.3) is 0 Å². The van der Waals surface area contributed by atoms with Crippen molar-refractivity contribution in [2.45, 2.75) is 17.1 Å². The topological polar surface area (TPSA) is 3.24 Å². The van der Waals surface area contributed by atoms with Crippen LogP contribution in [0.5, 0.6) is 0 Å². The van der Waals surface area contributed by atoms with Gasteiger partial charge in [-0.15, -0.1) is 11.4 Å². The Balaban J connectivity index is 1.74. The molecule has 2 heterocycles. The lowest BCUT2D eigenvalue weighted by atomic mass is 10.0. The highest BCUT2D eigenvalue weighted by atomic mass is 127. The highest BCUT2D eigenvalue weighted by Gasteiger charge is 2.59. The van der Waals surface area contributed by atoms with Gasteiger partial charge in [-0.1, -0.05) is 22.6 Å². The summed E-state index contributed by atoms with van der Waals surface area (Å²) in [4.78, 5) is 2.54. The van der Waals surface area contributed by atoms with Crippen LogP contribution in [-0.4, -0.2) is 34.7 Å². The third-order valence-corrected chi connectivity index (χ3v) is 7.91. The first-order valence-electron chi connectivity index (χ1n) is 3.51. The molecule has 0 aromatic carbocycles. The van der Waals surface area contributed by atoms with Crippen molar-refractivity contribution in [2.75, 3.05) is 11.2 Å². The summed E-state index contributed by atoms with van der Waals surface area (Å²) in [6.45, 7) is 0. The van der Waals surface area contributed by atoms with Crippen LogP contribution >= 0.6 is 41.8 Å². The summed E-state index contributed by atoms with van der Waals surface area (Å²) in [5.41, 5.74) is 0. The van der Waals surface area contributed by atoms with E-state index in [-0.39, 0.29) is 0 Å². The minimum atomic E-state index is 0.901. The molecule has 0 amide bonds. The molecule has 56 valence electrons. The maximum Gasteiger partial charge on any atom is 0.149 e. The molecule has 4 atom stereocenters. The van der Waals surface area contributed by atoms with E-state index in [0.717, 1.165) is 24.9 Å². The number of hydrogen-bond acceptors (Lipinski definition) is 2. The Morgan fingerprint density at radius 1 is 1.80 bits per heavy atom. The highest BCUT2D eigenvalue weighted by Crippen LogP contribution is 2.57. The molecular weight excluding hydrogens is 275 g/mol. The lowest BCUT2D eigenvalue weighted by Crippen LogP contribution is -2.40. The van der Waals surface area contributed by atoms with Crippen molar-refractivity contribution in [3.63, 3.8) is 0 Å². The van der Waals surface area contributed by atoms with E-state index in [2.05, 4.69) is 45.9 Å². The zero-order valence-corrected chi connectivity index (χ0v) is 9.85. The molecule has 2 rings (SSSR count). The Hall–Kier alpha value is 1.53. The van der Waals surface area contributed by atoms with E-state index in [9.17, 15) is 0 Å². The summed E-state index contributed by atoms with van der Waals surface area (Å²) in [6.07, 6.45) is 0. The molecule has 2 aliphatic rings. The smallest absolute Gasteiger partial charge is 0.149 e. The van der Waals surface area contributed by atoms with Crippen molar-refractivity contribution in [3.05, 3.63) is 0 Å². The van der Waals surface area contributed by atoms with Gasteiger partial charge >= 0.3 is 0 Å². The number of fused-ring (bicyclic) bond motifs is 1. The molecule has 1 nitrogen and oxygen atoms in total. The Kier molecular flexibility index (Phi) is 2.54. The maximum atomic E-state index is 2.54. The molecule has 0 saturated carbocycles. The average Bonchev–Trinajstić information content (AvgIpc) is 2.64. The number of halogens is 1. The quantitative estimate of drug-likeness (QED) is 0.335. The van der Waals surface area contributed by atoms with Gasteiger partial charge < -0.3 is 0 Å². The maximum absolute atomic E-state index is 2.54. The first-order chi connectivity index (χ1) is 4.84. The van der Waals surface area contributed by atoms with Crippen LogP contribution in [0.4, 0.5) is 0 Å². The van der Waals surface area contributed by atoms with Crippen molar-refractivity contribution in [3.8, 4) is 0 Å². The lowest BCUT2D eigenvalue weighted by Gasteiger charge is -2.37. The first kappa shape index (κ1) is 8.15. The monoisotopic (exact) mass is 285 g/mol. The third kappa shape index (κ3) is 1.25. The van der Waals surface area contributed by atoms with E-state index in [0.29, 0.717) is 0 Å². The van der Waals surface area contributed by atoms with Gasteiger partial charge in [0.2, 0.25) is 0 Å². The SMILES string of the molecule is CN1C2BC2C1SPCI. The summed E-state index contributed by atoms with van der Waals surface area (Å²) in [6, 6.07) is 0. The standard InChI is InChI=1S/C5H10BINPS/c1-8-4-3(6-4)5(8)10-9-2-7/h3-6,9H,2H2,1H3. The van der Waals surface area contributed by atoms with E-state index in [4.69, 9.17) is 0 Å². The number of alkyl halides is 1. The van der Waals surface area contributed by atoms with Crippen molar-refractivity contribution in [1.29, 1.82) is 0 Å². The van der Waals surface area contributed by atoms with Crippen LogP contribution in [0.1, 0.15) is 0 Å². The van der Waals surface area contributed by atoms with Crippen molar-refractivity contribution >= 4 is 49.0 Å². The van der Waals surface area contributed by atoms with Crippen molar-refractivity contribution < 1.29 is 0 Å². The first-order valence-corrected chi connectivity index (χ1v) is 7.84. The van der Waals surface area contributed by atoms with E-state index in [1.807, 2.05) is 0 Å². The summed E-state index contributed by atoms with van der Waals surface area (Å²) in [5.74, 6) is 2.09. The molecule has 2 saturated heterocycles. The van der Waals surface area contributed by atoms with Gasteiger partial charge in [0, 0.05) is 4.17 Å². The van der Waals surface area contributed by atoms with Gasteiger partial charge in [-0.3, -0.25) is 4.90 Å². The summed E-state index contributed by atoms with van der Waals surface area (Å²) >= 11 is 4.63. The van der Waals surface area contributed by atoms with E-state index >= 15 is 0 Å². The Bertz CT molecular complexity index is 150. The number of likely N-dealkylation sites (tertiary alicyclic amines) is 1. The molecule has 2 fully saturated rings. The van der Waals surface area contributed by atoms with Gasteiger partial charge in [0.15, 0.2) is 0 Å². The molecule has 0 aromatic heterocycles. The minimum Gasteiger partial charge on any atom is -0.300 e. The van der Waals surface area contributed by atoms with Crippen LogP contribution in [0.25, 0.3) is 0 Å². The summed E-state index contributed by atoms with van der Waals surface area (Å²) in [7, 11) is 4.87. The number of hydrogen-bond donors (Lipinski definition) is 0. The van der Waals surface area contributed by atoms with Crippen LogP contribution in [-0.2, 0) is 0 Å². The fraction of sp³-hybridized carbons (Fsp3) is 1.00. The normalized spacial score (nSPS) is 44.8. The van der Waals surface area contributed by atoms with Crippen LogP contribution in [0.2, 0.25) is 5.82 Å². The van der Waals surface area contributed by atoms with Crippen LogP contribution in [0, 0.1) is 0 Å². The Morgan fingerprint density at radius 3 is 3.10 bits per heavy atom. The van der Waals surface area contributed by atoms with E-state index in [1.165, 1.54) is 11.4 Å². The molecule has 0 bridgehead atoms. The Morgan fingerprint density at radius 2 is 2.60 bits per heavy atom. The fourth-order valence-corrected chi connectivity index (χ4v) is 6.02. The zero-order valence-electron chi connectivity index (χ0n) is 5.88. The molecule has 0 N–H and O–H groups in total. The minimum absolute atomic E-state index is 0.901. The van der Waals surface area contributed by atoms with Crippen molar-refractivity contribution in [2.24, 2.45) is 0 Å². The lowest BCUT2D eigenvalue weighted by molar-refractivity contribution is 0.219. The molecule has 0 aliphatic carbocycles. The van der Waals surface area contributed by atoms with Crippen LogP contribution < -0.4 is 0 Å². The van der Waals surface area contributed by atoms with Gasteiger partial charge in [-0.05, 0) is 26.6 Å². The van der Waals surface area contributed by atoms with Crippen LogP contribution in [0.15, 0.2) is 0 Å². The van der Waals surface area contributed by atoms with E-state index < -0.39 is 0 Å². The molecule has 2 aliphatic heterocycles. The summed E-state index contributed by atoms with van der Waals surface area (Å²) < 4.78 is 1.32. The van der Waals surface area contributed by atoms with Gasteiger partial charge in [-0.25, -0.2) is 0 Å². The second-order valence-electron chi connectivity index (χ2n) is 2.92. The average molecular weight is 285 g/mol. The molecule has 5 heteroatoms. The summed E-state index contributed by atoms with van der Waals surface area (Å²) in [5, 5.41) is 0.901. The third-order valence-electron chi connectivity index (χ3n) is 2.35. The van der Waals surface area contributed by atoms with Gasteiger partial charge in [0.1, 0.15) is 7.28 Å². The zero-order chi connectivity index (χ0) is 7.14. The van der Waals surface area contributed by atoms with Gasteiger partial charge in [0.05, 0.1) is 5.37 Å². The number of rotatable bonds is 3. The van der Waals surface area contributed by atoms with Crippen LogP contribution in [0.3, 0.4) is 0 Å². The van der Waals surface area contributed by atoms with Gasteiger partial charge in [-0.2, -0.15) is 0 Å². The van der Waals surface area contributed by atoms with Crippen molar-refractivity contribution in [1.82, 2.24) is 4.90 Å². The molecule has 10 heavy (non-hydrogen) atoms. The fourth-order valence-electron chi connectivity index (χ4n) is 1.65. The Labute approximate surface area is 82.0 Å². The molecule has 4 unspecified atom stereocenters. The molecule has 0 aromatic rings. The number of nitrogens with zero attached hydrogens (tertiary/aromatic N) is 1. The van der Waals surface area contributed by atoms with E-state index in [1.54, 1.807) is 0 Å². The molecular formula is C5H10BINPS. The predicted octanol–water partition coefficient (Wildman–Crippen LogP) is 1.54.